The fraction of sp³-hybridized carbons (Fsp3) is 0.600. The van der Waals surface area contributed by atoms with Gasteiger partial charge in [-0.25, -0.2) is 15.0 Å². The number of nitrogens with zero attached hydrogens (tertiary/aromatic N) is 5. The predicted molar refractivity (Wildman–Crippen MR) is 134 cm³/mol. The molecule has 204 valence electrons. The van der Waals surface area contributed by atoms with Crippen molar-refractivity contribution in [2.24, 2.45) is 0 Å². The third-order valence-electron chi connectivity index (χ3n) is 6.68. The molecule has 3 aromatic heterocycles. The molecule has 0 spiro atoms. The van der Waals surface area contributed by atoms with Gasteiger partial charge in [0.15, 0.2) is 47.3 Å². The van der Waals surface area contributed by atoms with Gasteiger partial charge in [-0.3, -0.25) is 14.2 Å². The molecule has 5 heterocycles. The molecule has 13 nitrogen and oxygen atoms in total. The Kier molecular flexibility index (Phi) is 7.05. The maximum Gasteiger partial charge on any atom is 0.303 e. The van der Waals surface area contributed by atoms with Crippen molar-refractivity contribution in [3.63, 3.8) is 0 Å². The van der Waals surface area contributed by atoms with E-state index in [0.29, 0.717) is 28.4 Å². The van der Waals surface area contributed by atoms with Crippen molar-refractivity contribution in [1.82, 2.24) is 30.0 Å². The summed E-state index contributed by atoms with van der Waals surface area (Å²) in [5.74, 6) is -0.140. The number of rotatable bonds is 6. The second-order valence-electron chi connectivity index (χ2n) is 10.7. The number of hydrogen-bond donors (Lipinski definition) is 2. The van der Waals surface area contributed by atoms with Crippen molar-refractivity contribution in [3.05, 3.63) is 30.2 Å². The Hall–Kier alpha value is -3.58. The van der Waals surface area contributed by atoms with Crippen molar-refractivity contribution in [2.45, 2.75) is 83.5 Å². The van der Waals surface area contributed by atoms with E-state index in [1.54, 1.807) is 17.0 Å². The number of aromatic nitrogens is 5. The van der Waals surface area contributed by atoms with Gasteiger partial charge in [-0.15, -0.1) is 0 Å². The lowest BCUT2D eigenvalue weighted by Crippen LogP contribution is -2.36. The van der Waals surface area contributed by atoms with Gasteiger partial charge in [0.1, 0.15) is 6.33 Å². The van der Waals surface area contributed by atoms with Gasteiger partial charge in [-0.05, 0) is 25.9 Å². The average Bonchev–Trinajstić information content (AvgIpc) is 3.58. The number of imidazole rings is 1. The summed E-state index contributed by atoms with van der Waals surface area (Å²) in [6.45, 7) is 10.4. The molecule has 2 saturated heterocycles. The zero-order chi connectivity index (χ0) is 27.0. The fourth-order valence-electron chi connectivity index (χ4n) is 4.81. The minimum Gasteiger partial charge on any atom is -0.455 e. The van der Waals surface area contributed by atoms with Crippen LogP contribution in [-0.2, 0) is 29.2 Å². The van der Waals surface area contributed by atoms with Crippen molar-refractivity contribution in [1.29, 1.82) is 0 Å². The van der Waals surface area contributed by atoms with Crippen molar-refractivity contribution in [2.75, 3.05) is 18.4 Å². The number of nitrogens with one attached hydrogen (secondary N) is 2. The Morgan fingerprint density at radius 2 is 1.79 bits per heavy atom. The molecule has 13 heteroatoms. The third-order valence-corrected chi connectivity index (χ3v) is 6.68. The van der Waals surface area contributed by atoms with Gasteiger partial charge in [0.2, 0.25) is 0 Å². The lowest BCUT2D eigenvalue weighted by Gasteiger charge is -2.24. The Morgan fingerprint density at radius 1 is 1.08 bits per heavy atom. The van der Waals surface area contributed by atoms with E-state index in [2.05, 4.69) is 30.7 Å². The summed E-state index contributed by atoms with van der Waals surface area (Å²) < 4.78 is 25.0. The first kappa shape index (κ1) is 26.0. The van der Waals surface area contributed by atoms with Crippen molar-refractivity contribution >= 4 is 28.9 Å². The van der Waals surface area contributed by atoms with E-state index in [4.69, 9.17) is 18.7 Å². The van der Waals surface area contributed by atoms with Crippen LogP contribution in [0.25, 0.3) is 11.2 Å². The Morgan fingerprint density at radius 3 is 2.45 bits per heavy atom. The number of carbonyl (C=O) groups is 2. The molecule has 4 atom stereocenters. The maximum absolute atomic E-state index is 12.1. The molecule has 3 aromatic rings. The monoisotopic (exact) mass is 527 g/mol. The first-order valence-corrected chi connectivity index (χ1v) is 12.7. The highest BCUT2D eigenvalue weighted by molar-refractivity contribution is 5.83. The Balaban J connectivity index is 1.52. The van der Waals surface area contributed by atoms with E-state index >= 15 is 0 Å². The second kappa shape index (κ2) is 10.3. The maximum atomic E-state index is 12.1. The summed E-state index contributed by atoms with van der Waals surface area (Å²) >= 11 is 0. The molecule has 38 heavy (non-hydrogen) atoms. The van der Waals surface area contributed by atoms with E-state index in [1.807, 2.05) is 20.8 Å². The second-order valence-corrected chi connectivity index (χ2v) is 10.7. The summed E-state index contributed by atoms with van der Waals surface area (Å²) in [5, 5.41) is 11.0. The summed E-state index contributed by atoms with van der Waals surface area (Å²) in [6.07, 6.45) is 1.14. The van der Waals surface area contributed by atoms with Gasteiger partial charge in [-0.1, -0.05) is 25.9 Å². The van der Waals surface area contributed by atoms with Crippen LogP contribution in [0.2, 0.25) is 0 Å². The van der Waals surface area contributed by atoms with Crippen LogP contribution in [0.4, 0.5) is 5.82 Å². The molecular weight excluding hydrogens is 494 g/mol. The highest BCUT2D eigenvalue weighted by Gasteiger charge is 2.53. The minimum absolute atomic E-state index is 0.261. The molecule has 0 saturated carbocycles. The minimum atomic E-state index is -1.00. The van der Waals surface area contributed by atoms with E-state index in [9.17, 15) is 9.59 Å². The molecule has 2 aliphatic rings. The molecule has 0 aromatic carbocycles. The predicted octanol–water partition coefficient (Wildman–Crippen LogP) is 2.41. The van der Waals surface area contributed by atoms with Crippen LogP contribution < -0.4 is 10.6 Å². The van der Waals surface area contributed by atoms with Gasteiger partial charge in [0.25, 0.3) is 0 Å². The van der Waals surface area contributed by atoms with Gasteiger partial charge in [-0.2, -0.15) is 0 Å². The average molecular weight is 528 g/mol. The summed E-state index contributed by atoms with van der Waals surface area (Å²) in [5.41, 5.74) is 1.47. The van der Waals surface area contributed by atoms with E-state index in [-0.39, 0.29) is 11.5 Å². The number of piperidine rings is 1. The van der Waals surface area contributed by atoms with Crippen LogP contribution in [0.1, 0.15) is 71.2 Å². The number of esters is 2. The number of carbonyl (C=O) groups excluding carboxylic acids is 2. The van der Waals surface area contributed by atoms with Crippen LogP contribution in [0, 0.1) is 0 Å². The molecule has 0 aliphatic carbocycles. The lowest BCUT2D eigenvalue weighted by atomic mass is 9.92. The summed E-state index contributed by atoms with van der Waals surface area (Å²) in [6, 6.07) is 2.03. The van der Waals surface area contributed by atoms with Crippen LogP contribution in [-0.4, -0.2) is 68.0 Å². The van der Waals surface area contributed by atoms with Gasteiger partial charge >= 0.3 is 11.9 Å². The zero-order valence-corrected chi connectivity index (χ0v) is 22.1. The van der Waals surface area contributed by atoms with Crippen molar-refractivity contribution in [3.8, 4) is 0 Å². The Labute approximate surface area is 219 Å². The number of hydrogen-bond acceptors (Lipinski definition) is 12. The summed E-state index contributed by atoms with van der Waals surface area (Å²) in [4.78, 5) is 37.7. The molecule has 5 rings (SSSR count). The van der Waals surface area contributed by atoms with Crippen LogP contribution in [0.5, 0.6) is 0 Å². The molecule has 2 aliphatic heterocycles. The Bertz CT molecular complexity index is 1310. The fourth-order valence-corrected chi connectivity index (χ4v) is 4.81. The zero-order valence-electron chi connectivity index (χ0n) is 22.1. The van der Waals surface area contributed by atoms with Crippen molar-refractivity contribution < 1.29 is 28.3 Å². The largest absolute Gasteiger partial charge is 0.455 e. The van der Waals surface area contributed by atoms with Crippen LogP contribution in [0.15, 0.2) is 23.2 Å². The molecule has 2 N–H and O–H groups in total. The van der Waals surface area contributed by atoms with Gasteiger partial charge < -0.3 is 29.4 Å². The van der Waals surface area contributed by atoms with E-state index in [1.165, 1.54) is 20.2 Å². The standard InChI is InChI=1S/C25H33N7O6/c1-13(33)35-20-19(16-10-17(31-38-16)25(3,4)5)37-24(21(20)36-14(2)34)32-12-29-18-22(27-11-28-23(18)32)30-15-6-8-26-9-7-15/h10-12,15,19-21,24,26H,6-9H2,1-5H3,(H,27,28,30)/t19?,20-,21-,24-/m1/s1. The smallest absolute Gasteiger partial charge is 0.303 e. The molecule has 1 unspecified atom stereocenters. The van der Waals surface area contributed by atoms with Crippen LogP contribution >= 0.6 is 0 Å². The molecule has 2 fully saturated rings. The normalized spacial score (nSPS) is 24.4. The molecular formula is C25H33N7O6. The van der Waals surface area contributed by atoms with Crippen LogP contribution in [0.3, 0.4) is 0 Å². The topological polar surface area (TPSA) is 156 Å². The quantitative estimate of drug-likeness (QED) is 0.452. The number of anilines is 1. The SMILES string of the molecule is CC(=O)O[C@@H]1[C@H](OC(C)=O)C(c2cc(C(C)(C)C)no2)O[C@H]1n1cnc2c(NC3CCNCC3)ncnc21. The third kappa shape index (κ3) is 5.20. The molecule has 0 amide bonds. The highest BCUT2D eigenvalue weighted by atomic mass is 16.6. The van der Waals surface area contributed by atoms with Gasteiger partial charge in [0.05, 0.1) is 12.0 Å². The summed E-state index contributed by atoms with van der Waals surface area (Å²) in [7, 11) is 0. The van der Waals surface area contributed by atoms with E-state index < -0.39 is 36.5 Å². The first-order valence-electron chi connectivity index (χ1n) is 12.7. The molecule has 0 bridgehead atoms. The first-order chi connectivity index (χ1) is 18.1. The lowest BCUT2D eigenvalue weighted by molar-refractivity contribution is -0.165. The molecule has 0 radical (unpaired) electrons. The van der Waals surface area contributed by atoms with E-state index in [0.717, 1.165) is 25.9 Å². The highest BCUT2D eigenvalue weighted by Crippen LogP contribution is 2.44. The number of fused-ring (bicyclic) bond motifs is 1. The van der Waals surface area contributed by atoms with Gasteiger partial charge in [0, 0.05) is 31.4 Å². The number of ether oxygens (including phenoxy) is 3.